The molecule has 1 aromatic carbocycles. The zero-order chi connectivity index (χ0) is 12.3. The molecule has 1 aliphatic heterocycles. The number of ether oxygens (including phenoxy) is 1. The Morgan fingerprint density at radius 1 is 1.59 bits per heavy atom. The molecule has 0 saturated carbocycles. The van der Waals surface area contributed by atoms with Gasteiger partial charge in [-0.05, 0) is 24.6 Å². The van der Waals surface area contributed by atoms with E-state index < -0.39 is 0 Å². The van der Waals surface area contributed by atoms with Gasteiger partial charge in [-0.2, -0.15) is 0 Å². The third kappa shape index (κ3) is 3.00. The van der Waals surface area contributed by atoms with Crippen molar-refractivity contribution in [1.29, 1.82) is 0 Å². The summed E-state index contributed by atoms with van der Waals surface area (Å²) >= 11 is 3.49. The highest BCUT2D eigenvalue weighted by atomic mass is 79.9. The second-order valence-corrected chi connectivity index (χ2v) is 5.24. The van der Waals surface area contributed by atoms with Crippen molar-refractivity contribution < 1.29 is 9.84 Å². The van der Waals surface area contributed by atoms with E-state index in [9.17, 15) is 5.11 Å². The smallest absolute Gasteiger partial charge is 0.124 e. The van der Waals surface area contributed by atoms with E-state index in [4.69, 9.17) is 4.74 Å². The first kappa shape index (κ1) is 12.9. The van der Waals surface area contributed by atoms with E-state index in [0.29, 0.717) is 0 Å². The molecule has 0 spiro atoms. The molecule has 17 heavy (non-hydrogen) atoms. The maximum atomic E-state index is 9.26. The highest BCUT2D eigenvalue weighted by molar-refractivity contribution is 9.10. The zero-order valence-electron chi connectivity index (χ0n) is 9.95. The highest BCUT2D eigenvalue weighted by Gasteiger charge is 2.23. The Labute approximate surface area is 110 Å². The van der Waals surface area contributed by atoms with Gasteiger partial charge in [0.05, 0.1) is 13.2 Å². The van der Waals surface area contributed by atoms with Crippen molar-refractivity contribution in [3.05, 3.63) is 28.2 Å². The van der Waals surface area contributed by atoms with Gasteiger partial charge in [0, 0.05) is 28.5 Å². The van der Waals surface area contributed by atoms with Crippen molar-refractivity contribution in [2.24, 2.45) is 0 Å². The number of nitrogens with one attached hydrogen (secondary N) is 1. The van der Waals surface area contributed by atoms with Crippen molar-refractivity contribution in [2.45, 2.75) is 31.8 Å². The maximum absolute atomic E-state index is 9.26. The van der Waals surface area contributed by atoms with Gasteiger partial charge in [-0.25, -0.2) is 0 Å². The van der Waals surface area contributed by atoms with Crippen LogP contribution in [0.15, 0.2) is 22.7 Å². The van der Waals surface area contributed by atoms with Gasteiger partial charge in [0.25, 0.3) is 0 Å². The average molecular weight is 300 g/mol. The molecule has 1 aromatic rings. The van der Waals surface area contributed by atoms with E-state index >= 15 is 0 Å². The van der Waals surface area contributed by atoms with Crippen LogP contribution < -0.4 is 10.1 Å². The van der Waals surface area contributed by atoms with Crippen LogP contribution in [-0.2, 0) is 0 Å². The van der Waals surface area contributed by atoms with Crippen LogP contribution in [0.4, 0.5) is 0 Å². The lowest BCUT2D eigenvalue weighted by atomic mass is 9.99. The van der Waals surface area contributed by atoms with E-state index in [2.05, 4.69) is 34.2 Å². The Hall–Kier alpha value is -0.580. The fourth-order valence-electron chi connectivity index (χ4n) is 2.12. The third-order valence-corrected chi connectivity index (χ3v) is 3.65. The molecule has 0 bridgehead atoms. The number of fused-ring (bicyclic) bond motifs is 1. The molecule has 0 fully saturated rings. The summed E-state index contributed by atoms with van der Waals surface area (Å²) < 4.78 is 6.69. The largest absolute Gasteiger partial charge is 0.493 e. The van der Waals surface area contributed by atoms with Crippen LogP contribution in [0.25, 0.3) is 0 Å². The minimum Gasteiger partial charge on any atom is -0.493 e. The number of hydrogen-bond donors (Lipinski definition) is 2. The van der Waals surface area contributed by atoms with Crippen LogP contribution >= 0.6 is 15.9 Å². The molecular formula is C13H18BrNO2. The summed E-state index contributed by atoms with van der Waals surface area (Å²) in [7, 11) is 0. The number of rotatable bonds is 4. The third-order valence-electron chi connectivity index (χ3n) is 3.16. The molecule has 3 nitrogen and oxygen atoms in total. The van der Waals surface area contributed by atoms with Crippen LogP contribution in [0, 0.1) is 0 Å². The highest BCUT2D eigenvalue weighted by Crippen LogP contribution is 2.34. The Morgan fingerprint density at radius 2 is 2.41 bits per heavy atom. The van der Waals surface area contributed by atoms with Crippen LogP contribution in [0.3, 0.4) is 0 Å². The summed E-state index contributed by atoms with van der Waals surface area (Å²) in [5.74, 6) is 0.949. The normalized spacial score (nSPS) is 20.5. The second kappa shape index (κ2) is 5.85. The Balaban J connectivity index is 2.18. The molecule has 0 aromatic heterocycles. The van der Waals surface area contributed by atoms with E-state index in [1.807, 2.05) is 12.1 Å². The Kier molecular flexibility index (Phi) is 4.42. The summed E-state index contributed by atoms with van der Waals surface area (Å²) in [5, 5.41) is 12.7. The van der Waals surface area contributed by atoms with Gasteiger partial charge < -0.3 is 15.2 Å². The summed E-state index contributed by atoms with van der Waals surface area (Å²) in [6, 6.07) is 6.51. The Morgan fingerprint density at radius 3 is 3.12 bits per heavy atom. The zero-order valence-corrected chi connectivity index (χ0v) is 11.5. The van der Waals surface area contributed by atoms with Crippen molar-refractivity contribution in [3.63, 3.8) is 0 Å². The molecule has 4 heteroatoms. The van der Waals surface area contributed by atoms with E-state index in [1.165, 1.54) is 5.56 Å². The number of halogens is 1. The molecule has 0 aliphatic carbocycles. The second-order valence-electron chi connectivity index (χ2n) is 4.33. The van der Waals surface area contributed by atoms with E-state index in [0.717, 1.165) is 29.7 Å². The number of aliphatic hydroxyl groups excluding tert-OH is 1. The van der Waals surface area contributed by atoms with Crippen molar-refractivity contribution in [2.75, 3.05) is 13.2 Å². The predicted octanol–water partition coefficient (Wildman–Crippen LogP) is 2.63. The standard InChI is InChI=1S/C13H18BrNO2/c1-2-10(8-16)15-12-5-6-17-13-4-3-9(14)7-11(12)13/h3-4,7,10,12,15-16H,2,5-6,8H2,1H3/t10-,12?/m1/s1. The molecule has 94 valence electrons. The lowest BCUT2D eigenvalue weighted by Crippen LogP contribution is -2.37. The number of hydrogen-bond acceptors (Lipinski definition) is 3. The first-order chi connectivity index (χ1) is 8.24. The van der Waals surface area contributed by atoms with Gasteiger partial charge in [0.2, 0.25) is 0 Å². The fourth-order valence-corrected chi connectivity index (χ4v) is 2.50. The molecule has 1 unspecified atom stereocenters. The van der Waals surface area contributed by atoms with E-state index in [1.54, 1.807) is 0 Å². The minimum absolute atomic E-state index is 0.157. The molecule has 1 heterocycles. The minimum atomic E-state index is 0.157. The molecule has 2 atom stereocenters. The van der Waals surface area contributed by atoms with Gasteiger partial charge >= 0.3 is 0 Å². The van der Waals surface area contributed by atoms with Crippen LogP contribution in [-0.4, -0.2) is 24.4 Å². The first-order valence-corrected chi connectivity index (χ1v) is 6.83. The lowest BCUT2D eigenvalue weighted by molar-refractivity contribution is 0.200. The lowest BCUT2D eigenvalue weighted by Gasteiger charge is -2.29. The van der Waals surface area contributed by atoms with Crippen LogP contribution in [0.2, 0.25) is 0 Å². The van der Waals surface area contributed by atoms with Gasteiger partial charge in [-0.1, -0.05) is 22.9 Å². The van der Waals surface area contributed by atoms with Gasteiger partial charge in [0.1, 0.15) is 5.75 Å². The van der Waals surface area contributed by atoms with Crippen LogP contribution in [0.5, 0.6) is 5.75 Å². The SMILES string of the molecule is CC[C@H](CO)NC1CCOc2ccc(Br)cc21. The number of aliphatic hydroxyl groups is 1. The first-order valence-electron chi connectivity index (χ1n) is 6.03. The molecule has 2 N–H and O–H groups in total. The van der Waals surface area contributed by atoms with Gasteiger partial charge in [-0.3, -0.25) is 0 Å². The monoisotopic (exact) mass is 299 g/mol. The molecular weight excluding hydrogens is 282 g/mol. The summed E-state index contributed by atoms with van der Waals surface area (Å²) in [6.07, 6.45) is 1.87. The molecule has 0 amide bonds. The molecule has 0 radical (unpaired) electrons. The van der Waals surface area contributed by atoms with E-state index in [-0.39, 0.29) is 18.7 Å². The summed E-state index contributed by atoms with van der Waals surface area (Å²) in [5.41, 5.74) is 1.18. The quantitative estimate of drug-likeness (QED) is 0.898. The fraction of sp³-hybridized carbons (Fsp3) is 0.538. The van der Waals surface area contributed by atoms with Crippen LogP contribution in [0.1, 0.15) is 31.4 Å². The molecule has 2 rings (SSSR count). The van der Waals surface area contributed by atoms with Gasteiger partial charge in [-0.15, -0.1) is 0 Å². The predicted molar refractivity (Wildman–Crippen MR) is 71.3 cm³/mol. The summed E-state index contributed by atoms with van der Waals surface area (Å²) in [4.78, 5) is 0. The Bertz CT molecular complexity index is 380. The number of benzene rings is 1. The average Bonchev–Trinajstić information content (AvgIpc) is 2.36. The van der Waals surface area contributed by atoms with Gasteiger partial charge in [0.15, 0.2) is 0 Å². The topological polar surface area (TPSA) is 41.5 Å². The van der Waals surface area contributed by atoms with Crippen molar-refractivity contribution in [1.82, 2.24) is 5.32 Å². The summed E-state index contributed by atoms with van der Waals surface area (Å²) in [6.45, 7) is 2.99. The molecule has 1 aliphatic rings. The maximum Gasteiger partial charge on any atom is 0.124 e. The van der Waals surface area contributed by atoms with Crippen molar-refractivity contribution >= 4 is 15.9 Å². The van der Waals surface area contributed by atoms with Crippen molar-refractivity contribution in [3.8, 4) is 5.75 Å². The molecule has 0 saturated heterocycles.